The quantitative estimate of drug-likeness (QED) is 0.715. The van der Waals surface area contributed by atoms with Crippen LogP contribution in [0, 0.1) is 6.92 Å². The Balaban J connectivity index is 2.38. The predicted octanol–water partition coefficient (Wildman–Crippen LogP) is 4.48. The molecule has 0 fully saturated rings. The fourth-order valence-electron chi connectivity index (χ4n) is 1.84. The maximum absolute atomic E-state index is 12.9. The molecule has 1 heterocycles. The van der Waals surface area contributed by atoms with E-state index in [4.69, 9.17) is 27.9 Å². The molecule has 1 aromatic heterocycles. The molecule has 2 aromatic rings. The number of carbonyl (C=O) groups is 1. The Labute approximate surface area is 150 Å². The number of esters is 1. The Morgan fingerprint density at radius 3 is 2.44 bits per heavy atom. The largest absolute Gasteiger partial charge is 0.472 e. The highest BCUT2D eigenvalue weighted by molar-refractivity contribution is 6.42. The van der Waals surface area contributed by atoms with Gasteiger partial charge in [-0.15, -0.1) is 0 Å². The van der Waals surface area contributed by atoms with Gasteiger partial charge in [0.05, 0.1) is 17.2 Å². The summed E-state index contributed by atoms with van der Waals surface area (Å²) in [6.45, 7) is 1.23. The molecule has 0 radical (unpaired) electrons. The molecule has 25 heavy (non-hydrogen) atoms. The lowest BCUT2D eigenvalue weighted by Gasteiger charge is -2.14. The lowest BCUT2D eigenvalue weighted by molar-refractivity contribution is -0.145. The van der Waals surface area contributed by atoms with Gasteiger partial charge < -0.3 is 9.47 Å². The van der Waals surface area contributed by atoms with Crippen LogP contribution in [0.15, 0.2) is 18.2 Å². The Bertz CT molecular complexity index is 813. The molecule has 0 aliphatic carbocycles. The number of carbonyl (C=O) groups excluding carboxylic acids is 1. The minimum Gasteiger partial charge on any atom is -0.472 e. The van der Waals surface area contributed by atoms with Crippen LogP contribution in [0.2, 0.25) is 10.0 Å². The topological polar surface area (TPSA) is 61.3 Å². The van der Waals surface area contributed by atoms with Gasteiger partial charge in [0.2, 0.25) is 11.7 Å². The molecule has 5 nitrogen and oxygen atoms in total. The minimum absolute atomic E-state index is 0.0277. The van der Waals surface area contributed by atoms with Crippen LogP contribution in [0.25, 0.3) is 0 Å². The number of hydrogen-bond donors (Lipinski definition) is 0. The number of hydrogen-bond acceptors (Lipinski definition) is 5. The van der Waals surface area contributed by atoms with Crippen LogP contribution in [0.3, 0.4) is 0 Å². The van der Waals surface area contributed by atoms with E-state index in [1.807, 2.05) is 0 Å². The van der Waals surface area contributed by atoms with Crippen molar-refractivity contribution in [3.05, 3.63) is 50.9 Å². The van der Waals surface area contributed by atoms with Crippen molar-refractivity contribution in [2.75, 3.05) is 7.11 Å². The molecule has 0 bridgehead atoms. The van der Waals surface area contributed by atoms with Gasteiger partial charge in [0.15, 0.2) is 5.69 Å². The summed E-state index contributed by atoms with van der Waals surface area (Å²) in [7, 11) is 1.04. The number of ether oxygens (including phenoxy) is 2. The maximum atomic E-state index is 12.9. The van der Waals surface area contributed by atoms with Gasteiger partial charge in [-0.2, -0.15) is 18.2 Å². The Kier molecular flexibility index (Phi) is 5.74. The smallest absolute Gasteiger partial charge is 0.451 e. The number of halogens is 5. The first kappa shape index (κ1) is 19.3. The summed E-state index contributed by atoms with van der Waals surface area (Å²) >= 11 is 11.7. The molecule has 0 amide bonds. The molecule has 0 atom stereocenters. The van der Waals surface area contributed by atoms with Crippen LogP contribution < -0.4 is 4.74 Å². The average molecular weight is 395 g/mol. The molecule has 0 aliphatic heterocycles. The second-order valence-electron chi connectivity index (χ2n) is 4.85. The highest BCUT2D eigenvalue weighted by Crippen LogP contribution is 2.30. The van der Waals surface area contributed by atoms with Gasteiger partial charge in [-0.05, 0) is 24.6 Å². The number of alkyl halides is 3. The van der Waals surface area contributed by atoms with Crippen molar-refractivity contribution >= 4 is 29.2 Å². The van der Waals surface area contributed by atoms with E-state index in [9.17, 15) is 18.0 Å². The Hall–Kier alpha value is -2.06. The molecular formula is C15H11Cl2F3N2O3. The van der Waals surface area contributed by atoms with Crippen LogP contribution in [0.4, 0.5) is 13.2 Å². The second-order valence-corrected chi connectivity index (χ2v) is 5.67. The van der Waals surface area contributed by atoms with E-state index in [0.29, 0.717) is 10.6 Å². The first-order valence-electron chi connectivity index (χ1n) is 6.74. The van der Waals surface area contributed by atoms with Crippen LogP contribution >= 0.6 is 23.2 Å². The molecule has 0 saturated heterocycles. The van der Waals surface area contributed by atoms with Gasteiger partial charge in [-0.3, -0.25) is 0 Å². The highest BCUT2D eigenvalue weighted by Gasteiger charge is 2.37. The van der Waals surface area contributed by atoms with Crippen molar-refractivity contribution in [1.82, 2.24) is 9.97 Å². The van der Waals surface area contributed by atoms with Crippen LogP contribution in [0.1, 0.15) is 27.4 Å². The number of aromatic nitrogens is 2. The fraction of sp³-hybridized carbons (Fsp3) is 0.267. The predicted molar refractivity (Wildman–Crippen MR) is 83.9 cm³/mol. The third-order valence-corrected chi connectivity index (χ3v) is 3.83. The molecule has 1 aromatic carbocycles. The van der Waals surface area contributed by atoms with Gasteiger partial charge >= 0.3 is 12.1 Å². The Morgan fingerprint density at radius 1 is 1.20 bits per heavy atom. The number of methoxy groups -OCH3 is 1. The summed E-state index contributed by atoms with van der Waals surface area (Å²) in [6.07, 6.45) is -4.85. The molecule has 2 rings (SSSR count). The third-order valence-electron chi connectivity index (χ3n) is 3.09. The summed E-state index contributed by atoms with van der Waals surface area (Å²) in [4.78, 5) is 18.2. The number of benzene rings is 1. The molecular weight excluding hydrogens is 384 g/mol. The van der Waals surface area contributed by atoms with Crippen molar-refractivity contribution in [3.63, 3.8) is 0 Å². The van der Waals surface area contributed by atoms with E-state index in [-0.39, 0.29) is 23.1 Å². The van der Waals surface area contributed by atoms with Gasteiger partial charge in [0.1, 0.15) is 6.61 Å². The van der Waals surface area contributed by atoms with Gasteiger partial charge in [-0.1, -0.05) is 29.3 Å². The van der Waals surface area contributed by atoms with E-state index >= 15 is 0 Å². The molecule has 134 valence electrons. The van der Waals surface area contributed by atoms with Gasteiger partial charge in [0, 0.05) is 5.56 Å². The van der Waals surface area contributed by atoms with E-state index in [1.165, 1.54) is 19.1 Å². The zero-order valence-electron chi connectivity index (χ0n) is 12.9. The summed E-state index contributed by atoms with van der Waals surface area (Å²) in [5.41, 5.74) is 0.0643. The monoisotopic (exact) mass is 394 g/mol. The van der Waals surface area contributed by atoms with E-state index < -0.39 is 23.7 Å². The zero-order chi connectivity index (χ0) is 18.8. The lowest BCUT2D eigenvalue weighted by atomic mass is 10.2. The normalized spacial score (nSPS) is 11.3. The summed E-state index contributed by atoms with van der Waals surface area (Å²) in [5, 5.41) is 0.601. The first-order valence-corrected chi connectivity index (χ1v) is 7.50. The van der Waals surface area contributed by atoms with Crippen molar-refractivity contribution < 1.29 is 27.4 Å². The fourth-order valence-corrected chi connectivity index (χ4v) is 2.16. The van der Waals surface area contributed by atoms with E-state index in [0.717, 1.165) is 7.11 Å². The standard InChI is InChI=1S/C15H11Cl2F3N2O3/c1-7-11(13(23)24-2)21-14(15(18,19)20)22-12(7)25-6-8-3-4-9(16)10(17)5-8/h3-5H,6H2,1-2H3. The average Bonchev–Trinajstić information content (AvgIpc) is 2.55. The van der Waals surface area contributed by atoms with Crippen LogP contribution in [0.5, 0.6) is 5.88 Å². The van der Waals surface area contributed by atoms with Crippen molar-refractivity contribution in [3.8, 4) is 5.88 Å². The molecule has 0 spiro atoms. The summed E-state index contributed by atoms with van der Waals surface area (Å²) in [6, 6.07) is 4.62. The highest BCUT2D eigenvalue weighted by atomic mass is 35.5. The minimum atomic E-state index is -4.85. The molecule has 0 N–H and O–H groups in total. The molecule has 0 saturated carbocycles. The third kappa shape index (κ3) is 4.52. The molecule has 10 heteroatoms. The molecule has 0 aliphatic rings. The maximum Gasteiger partial charge on any atom is 0.451 e. The summed E-state index contributed by atoms with van der Waals surface area (Å²) in [5.74, 6) is -2.90. The van der Waals surface area contributed by atoms with E-state index in [1.54, 1.807) is 6.07 Å². The molecule has 0 unspecified atom stereocenters. The Morgan fingerprint density at radius 2 is 1.88 bits per heavy atom. The lowest BCUT2D eigenvalue weighted by Crippen LogP contribution is -2.18. The van der Waals surface area contributed by atoms with Crippen molar-refractivity contribution in [2.45, 2.75) is 19.7 Å². The number of rotatable bonds is 4. The summed E-state index contributed by atoms with van der Waals surface area (Å²) < 4.78 is 48.6. The van der Waals surface area contributed by atoms with Gasteiger partial charge in [-0.25, -0.2) is 9.78 Å². The number of nitrogens with zero attached hydrogens (tertiary/aromatic N) is 2. The van der Waals surface area contributed by atoms with Gasteiger partial charge in [0.25, 0.3) is 0 Å². The van der Waals surface area contributed by atoms with Crippen LogP contribution in [-0.2, 0) is 17.5 Å². The van der Waals surface area contributed by atoms with E-state index in [2.05, 4.69) is 14.7 Å². The SMILES string of the molecule is COC(=O)c1nc(C(F)(F)F)nc(OCc2ccc(Cl)c(Cl)c2)c1C. The first-order chi connectivity index (χ1) is 11.6. The van der Waals surface area contributed by atoms with Crippen molar-refractivity contribution in [1.29, 1.82) is 0 Å². The zero-order valence-corrected chi connectivity index (χ0v) is 14.5. The van der Waals surface area contributed by atoms with Crippen LogP contribution in [-0.4, -0.2) is 23.0 Å². The second kappa shape index (κ2) is 7.45. The van der Waals surface area contributed by atoms with Crippen molar-refractivity contribution in [2.24, 2.45) is 0 Å².